The smallest absolute Gasteiger partial charge is 0.309 e. The van der Waals surface area contributed by atoms with Crippen LogP contribution in [0.1, 0.15) is 52.4 Å². The summed E-state index contributed by atoms with van der Waals surface area (Å²) in [5, 5.41) is 9.14. The van der Waals surface area contributed by atoms with Crippen LogP contribution in [-0.2, 0) is 30.0 Å². The summed E-state index contributed by atoms with van der Waals surface area (Å²) in [5.74, 6) is 0.855. The molecule has 0 spiro atoms. The van der Waals surface area contributed by atoms with Crippen LogP contribution < -0.4 is 0 Å². The van der Waals surface area contributed by atoms with E-state index in [0.29, 0.717) is 11.8 Å². The van der Waals surface area contributed by atoms with Gasteiger partial charge in [-0.05, 0) is 24.7 Å². The number of carbonyl (C=O) groups is 1. The van der Waals surface area contributed by atoms with E-state index in [9.17, 15) is 4.79 Å². The monoisotopic (exact) mass is 449 g/mol. The molecule has 0 saturated heterocycles. The molecule has 0 aromatic carbocycles. The third-order valence-electron chi connectivity index (χ3n) is 4.70. The third kappa shape index (κ3) is 4.31. The Hall–Kier alpha value is -0.378. The number of nitrogens with zero attached hydrogens (tertiary/aromatic N) is 1. The Morgan fingerprint density at radius 3 is 2.25 bits per heavy atom. The van der Waals surface area contributed by atoms with Gasteiger partial charge in [0.1, 0.15) is 6.10 Å². The molecule has 0 heterocycles. The van der Waals surface area contributed by atoms with E-state index in [1.807, 2.05) is 0 Å². The zero-order valence-corrected chi connectivity index (χ0v) is 15.1. The van der Waals surface area contributed by atoms with Crippen molar-refractivity contribution in [2.45, 2.75) is 58.5 Å². The standard InChI is InChI=1S/C16H24NO2.Re/c1-11-8-14(9-12(2)15(11)10-17)19-16(18)13-6-4-3-5-7-13;/h3,11-15H,4-9H2,1-2H3;/q-1;. The van der Waals surface area contributed by atoms with E-state index in [4.69, 9.17) is 10.00 Å². The first kappa shape index (κ1) is 17.7. The van der Waals surface area contributed by atoms with Gasteiger partial charge in [-0.15, -0.1) is 0 Å². The van der Waals surface area contributed by atoms with Crippen LogP contribution in [0.5, 0.6) is 0 Å². The van der Waals surface area contributed by atoms with Crippen molar-refractivity contribution in [2.24, 2.45) is 23.7 Å². The number of rotatable bonds is 2. The number of hydrogen-bond donors (Lipinski definition) is 0. The normalized spacial score (nSPS) is 34.6. The van der Waals surface area contributed by atoms with Gasteiger partial charge in [0.25, 0.3) is 0 Å². The molecule has 20 heavy (non-hydrogen) atoms. The quantitative estimate of drug-likeness (QED) is 0.480. The zero-order chi connectivity index (χ0) is 13.8. The molecule has 4 heteroatoms. The van der Waals surface area contributed by atoms with Crippen molar-refractivity contribution in [3.8, 4) is 6.07 Å². The molecule has 1 radical (unpaired) electrons. The van der Waals surface area contributed by atoms with Crippen molar-refractivity contribution in [1.29, 1.82) is 5.26 Å². The molecule has 0 N–H and O–H groups in total. The molecule has 3 nitrogen and oxygen atoms in total. The summed E-state index contributed by atoms with van der Waals surface area (Å²) in [4.78, 5) is 12.1. The molecule has 113 valence electrons. The summed E-state index contributed by atoms with van der Waals surface area (Å²) in [6.07, 6.45) is 7.91. The Morgan fingerprint density at radius 2 is 1.75 bits per heavy atom. The molecular weight excluding hydrogens is 424 g/mol. The van der Waals surface area contributed by atoms with E-state index in [1.165, 1.54) is 0 Å². The summed E-state index contributed by atoms with van der Waals surface area (Å²) in [5.41, 5.74) is 0. The Labute approximate surface area is 136 Å². The fraction of sp³-hybridized carbons (Fsp3) is 0.812. The second-order valence-electron chi connectivity index (χ2n) is 6.28. The molecule has 0 aromatic rings. The van der Waals surface area contributed by atoms with Crippen LogP contribution in [0.3, 0.4) is 0 Å². The number of carbonyl (C=O) groups excluding carboxylic acids is 1. The zero-order valence-electron chi connectivity index (χ0n) is 12.3. The van der Waals surface area contributed by atoms with Gasteiger partial charge in [-0.1, -0.05) is 26.7 Å². The SMILES string of the molecule is CC1CC(OC(=O)C2CC[CH-]CC2)CC(C)C1C#N.[Re]. The van der Waals surface area contributed by atoms with Gasteiger partial charge in [-0.2, -0.15) is 18.1 Å². The van der Waals surface area contributed by atoms with Crippen LogP contribution >= 0.6 is 0 Å². The molecule has 0 bridgehead atoms. The van der Waals surface area contributed by atoms with Gasteiger partial charge >= 0.3 is 5.97 Å². The summed E-state index contributed by atoms with van der Waals surface area (Å²) >= 11 is 0. The molecule has 0 aliphatic heterocycles. The maximum absolute atomic E-state index is 12.1. The van der Waals surface area contributed by atoms with Crippen LogP contribution in [0.15, 0.2) is 0 Å². The van der Waals surface area contributed by atoms with Crippen molar-refractivity contribution in [3.63, 3.8) is 0 Å². The third-order valence-corrected chi connectivity index (χ3v) is 4.70. The maximum atomic E-state index is 12.1. The second kappa shape index (κ2) is 8.16. The fourth-order valence-corrected chi connectivity index (χ4v) is 3.55. The van der Waals surface area contributed by atoms with Crippen molar-refractivity contribution in [3.05, 3.63) is 6.42 Å². The molecule has 2 aliphatic rings. The van der Waals surface area contributed by atoms with E-state index in [0.717, 1.165) is 38.5 Å². The van der Waals surface area contributed by atoms with Gasteiger partial charge in [0.15, 0.2) is 0 Å². The minimum absolute atomic E-state index is 0. The molecule has 2 atom stereocenters. The first-order valence-corrected chi connectivity index (χ1v) is 7.53. The summed E-state index contributed by atoms with van der Waals surface area (Å²) in [7, 11) is 0. The largest absolute Gasteiger partial charge is 0.462 e. The molecule has 0 aromatic heterocycles. The minimum atomic E-state index is -0.00657. The van der Waals surface area contributed by atoms with Crippen LogP contribution in [0, 0.1) is 41.4 Å². The molecule has 2 saturated carbocycles. The summed E-state index contributed by atoms with van der Waals surface area (Å²) in [6.45, 7) is 4.19. The van der Waals surface area contributed by atoms with E-state index in [-0.39, 0.29) is 44.3 Å². The Kier molecular flexibility index (Phi) is 7.21. The van der Waals surface area contributed by atoms with Gasteiger partial charge in [0.05, 0.1) is 17.9 Å². The van der Waals surface area contributed by atoms with Crippen LogP contribution in [0.2, 0.25) is 0 Å². The topological polar surface area (TPSA) is 50.1 Å². The fourth-order valence-electron chi connectivity index (χ4n) is 3.55. The van der Waals surface area contributed by atoms with Gasteiger partial charge in [0, 0.05) is 20.4 Å². The van der Waals surface area contributed by atoms with E-state index >= 15 is 0 Å². The molecule has 2 unspecified atom stereocenters. The molecular formula is C16H24NO2Re-. The average molecular weight is 449 g/mol. The van der Waals surface area contributed by atoms with Crippen LogP contribution in [-0.4, -0.2) is 12.1 Å². The van der Waals surface area contributed by atoms with Crippen molar-refractivity contribution in [1.82, 2.24) is 0 Å². The predicted octanol–water partition coefficient (Wildman–Crippen LogP) is 3.50. The van der Waals surface area contributed by atoms with Crippen LogP contribution in [0.25, 0.3) is 0 Å². The van der Waals surface area contributed by atoms with Crippen molar-refractivity contribution in [2.75, 3.05) is 0 Å². The van der Waals surface area contributed by atoms with Gasteiger partial charge < -0.3 is 11.2 Å². The minimum Gasteiger partial charge on any atom is -0.462 e. The molecule has 0 amide bonds. The van der Waals surface area contributed by atoms with Crippen molar-refractivity contribution < 1.29 is 30.0 Å². The first-order valence-electron chi connectivity index (χ1n) is 7.53. The van der Waals surface area contributed by atoms with Crippen molar-refractivity contribution >= 4 is 5.97 Å². The maximum Gasteiger partial charge on any atom is 0.309 e. The van der Waals surface area contributed by atoms with E-state index in [1.54, 1.807) is 0 Å². The summed E-state index contributed by atoms with van der Waals surface area (Å²) < 4.78 is 5.70. The predicted molar refractivity (Wildman–Crippen MR) is 72.8 cm³/mol. The second-order valence-corrected chi connectivity index (χ2v) is 6.28. The van der Waals surface area contributed by atoms with E-state index in [2.05, 4.69) is 26.3 Å². The number of nitriles is 1. The van der Waals surface area contributed by atoms with E-state index < -0.39 is 0 Å². The van der Waals surface area contributed by atoms with Gasteiger partial charge in [-0.25, -0.2) is 0 Å². The number of hydrogen-bond acceptors (Lipinski definition) is 3. The Morgan fingerprint density at radius 1 is 1.20 bits per heavy atom. The first-order chi connectivity index (χ1) is 9.11. The van der Waals surface area contributed by atoms with Gasteiger partial charge in [-0.3, -0.25) is 4.79 Å². The average Bonchev–Trinajstić information content (AvgIpc) is 2.39. The molecule has 2 rings (SSSR count). The van der Waals surface area contributed by atoms with Gasteiger partial charge in [0.2, 0.25) is 0 Å². The summed E-state index contributed by atoms with van der Waals surface area (Å²) in [6, 6.07) is 2.40. The number of ether oxygens (including phenoxy) is 1. The Balaban J connectivity index is 0.00000200. The molecule has 2 fully saturated rings. The molecule has 2 aliphatic carbocycles. The van der Waals surface area contributed by atoms with Crippen LogP contribution in [0.4, 0.5) is 0 Å². The number of esters is 1. The Bertz CT molecular complexity index is 348.